The molecule has 0 radical (unpaired) electrons. The molecule has 3 aliphatic rings. The molecule has 1 aromatic carbocycles. The van der Waals surface area contributed by atoms with Gasteiger partial charge < -0.3 is 14.9 Å². The average Bonchev–Trinajstić information content (AvgIpc) is 3.50. The topological polar surface area (TPSA) is 72.0 Å². The Kier molecular flexibility index (Phi) is 5.65. The first kappa shape index (κ1) is 21.9. The molecule has 2 fully saturated rings. The minimum Gasteiger partial charge on any atom is -0.480 e. The molecule has 5 rings (SSSR count). The standard InChI is InChI=1S/C26H26FN5O2/c1-3-21(20-9-5-11-24(28-20)31-16-23(31)26(33)34)32-17(2)12-13-25(29-32)30-14-6-10-22(30)18-7-4-8-19(27)15-18/h3-5,7-9,11-13,15,22-23H,2,6,10,14,16H2,1H3,(H,33,34)/b21-3-. The first-order valence-electron chi connectivity index (χ1n) is 11.4. The molecule has 2 aromatic rings. The summed E-state index contributed by atoms with van der Waals surface area (Å²) in [5, 5.41) is 15.9. The summed E-state index contributed by atoms with van der Waals surface area (Å²) in [5.41, 5.74) is 3.07. The number of hydrogen-bond donors (Lipinski definition) is 1. The van der Waals surface area contributed by atoms with Crippen LogP contribution in [0, 0.1) is 5.82 Å². The van der Waals surface area contributed by atoms with Gasteiger partial charge in [0.05, 0.1) is 29.7 Å². The fraction of sp³-hybridized carbons (Fsp3) is 0.269. The molecule has 174 valence electrons. The summed E-state index contributed by atoms with van der Waals surface area (Å²) in [6, 6.07) is 11.8. The Morgan fingerprint density at radius 3 is 2.76 bits per heavy atom. The number of aliphatic carboxylic acids is 1. The molecule has 8 heteroatoms. The van der Waals surface area contributed by atoms with Crippen LogP contribution in [0.2, 0.25) is 0 Å². The maximum absolute atomic E-state index is 13.9. The van der Waals surface area contributed by atoms with Crippen LogP contribution in [0.1, 0.15) is 37.1 Å². The lowest BCUT2D eigenvalue weighted by Gasteiger charge is -2.32. The third kappa shape index (κ3) is 4.07. The molecule has 1 aromatic heterocycles. The number of rotatable bonds is 5. The Balaban J connectivity index is 1.43. The van der Waals surface area contributed by atoms with E-state index in [4.69, 9.17) is 10.1 Å². The number of hydrogen-bond acceptors (Lipinski definition) is 6. The number of halogens is 1. The molecule has 0 bridgehead atoms. The zero-order chi connectivity index (χ0) is 23.8. The van der Waals surface area contributed by atoms with Crippen molar-refractivity contribution < 1.29 is 14.3 Å². The Hall–Kier alpha value is -3.94. The maximum Gasteiger partial charge on any atom is 0.328 e. The van der Waals surface area contributed by atoms with E-state index >= 15 is 0 Å². The van der Waals surface area contributed by atoms with Gasteiger partial charge in [0.15, 0.2) is 0 Å². The summed E-state index contributed by atoms with van der Waals surface area (Å²) in [6.45, 7) is 7.34. The van der Waals surface area contributed by atoms with Crippen LogP contribution in [0.3, 0.4) is 0 Å². The lowest BCUT2D eigenvalue weighted by molar-refractivity contribution is -0.136. The van der Waals surface area contributed by atoms with Gasteiger partial charge in [-0.1, -0.05) is 30.9 Å². The smallest absolute Gasteiger partial charge is 0.328 e. The lowest BCUT2D eigenvalue weighted by Crippen LogP contribution is -2.33. The Morgan fingerprint density at radius 1 is 1.21 bits per heavy atom. The number of carbonyl (C=O) groups is 1. The number of carboxylic acid groups (broad SMARTS) is 1. The van der Waals surface area contributed by atoms with Gasteiger partial charge >= 0.3 is 5.97 Å². The van der Waals surface area contributed by atoms with Gasteiger partial charge in [-0.25, -0.2) is 19.2 Å². The van der Waals surface area contributed by atoms with Crippen LogP contribution in [-0.4, -0.2) is 50.9 Å². The molecule has 0 amide bonds. The number of benzene rings is 1. The molecule has 0 spiro atoms. The first-order valence-corrected chi connectivity index (χ1v) is 11.4. The SMILES string of the molecule is C=C1C=CC(N2CCCC2c2cccc(F)c2)=NN1/C(=C\C)c1cccc(N2CC2C(=O)O)n1. The van der Waals surface area contributed by atoms with Crippen LogP contribution in [0.4, 0.5) is 10.2 Å². The van der Waals surface area contributed by atoms with E-state index < -0.39 is 12.0 Å². The molecule has 2 atom stereocenters. The molecule has 4 heterocycles. The molecule has 3 aliphatic heterocycles. The van der Waals surface area contributed by atoms with E-state index in [1.807, 2.05) is 49.4 Å². The van der Waals surface area contributed by atoms with Crippen molar-refractivity contribution in [1.29, 1.82) is 0 Å². The average molecular weight is 460 g/mol. The van der Waals surface area contributed by atoms with Gasteiger partial charge in [0.1, 0.15) is 23.5 Å². The van der Waals surface area contributed by atoms with Crippen molar-refractivity contribution in [3.63, 3.8) is 0 Å². The van der Waals surface area contributed by atoms with Crippen LogP contribution in [0.25, 0.3) is 5.70 Å². The number of pyridine rings is 1. The number of anilines is 1. The van der Waals surface area contributed by atoms with Crippen LogP contribution < -0.4 is 4.90 Å². The second-order valence-electron chi connectivity index (χ2n) is 8.56. The van der Waals surface area contributed by atoms with Gasteiger partial charge in [-0.2, -0.15) is 0 Å². The zero-order valence-corrected chi connectivity index (χ0v) is 18.9. The molecule has 1 N–H and O–H groups in total. The summed E-state index contributed by atoms with van der Waals surface area (Å²) >= 11 is 0. The fourth-order valence-electron chi connectivity index (χ4n) is 4.61. The highest BCUT2D eigenvalue weighted by atomic mass is 19.1. The summed E-state index contributed by atoms with van der Waals surface area (Å²) < 4.78 is 13.9. The van der Waals surface area contributed by atoms with Crippen molar-refractivity contribution in [1.82, 2.24) is 14.9 Å². The van der Waals surface area contributed by atoms with Crippen molar-refractivity contribution in [3.8, 4) is 0 Å². The van der Waals surface area contributed by atoms with Crippen LogP contribution in [0.5, 0.6) is 0 Å². The van der Waals surface area contributed by atoms with Gasteiger partial charge in [-0.05, 0) is 61.7 Å². The minimum absolute atomic E-state index is 0.0541. The zero-order valence-electron chi connectivity index (χ0n) is 18.9. The largest absolute Gasteiger partial charge is 0.480 e. The number of allylic oxidation sites excluding steroid dienone is 2. The predicted octanol–water partition coefficient (Wildman–Crippen LogP) is 4.39. The normalized spacial score (nSPS) is 22.3. The predicted molar refractivity (Wildman–Crippen MR) is 129 cm³/mol. The summed E-state index contributed by atoms with van der Waals surface area (Å²) in [5.74, 6) is 0.323. The number of likely N-dealkylation sites (tertiary alicyclic amines) is 1. The minimum atomic E-state index is -0.847. The highest BCUT2D eigenvalue weighted by Crippen LogP contribution is 2.35. The van der Waals surface area contributed by atoms with Crippen LogP contribution in [-0.2, 0) is 4.79 Å². The molecule has 0 saturated carbocycles. The van der Waals surface area contributed by atoms with Crippen molar-refractivity contribution >= 4 is 23.3 Å². The van der Waals surface area contributed by atoms with Gasteiger partial charge in [0.2, 0.25) is 0 Å². The lowest BCUT2D eigenvalue weighted by atomic mass is 10.0. The molecule has 34 heavy (non-hydrogen) atoms. The monoisotopic (exact) mass is 459 g/mol. The van der Waals surface area contributed by atoms with E-state index in [9.17, 15) is 14.3 Å². The number of hydrazone groups is 1. The van der Waals surface area contributed by atoms with E-state index in [0.717, 1.165) is 36.5 Å². The van der Waals surface area contributed by atoms with E-state index in [0.29, 0.717) is 23.8 Å². The van der Waals surface area contributed by atoms with Crippen LogP contribution >= 0.6 is 0 Å². The van der Waals surface area contributed by atoms with Crippen molar-refractivity contribution in [2.24, 2.45) is 5.10 Å². The van der Waals surface area contributed by atoms with E-state index in [2.05, 4.69) is 11.5 Å². The molecule has 2 unspecified atom stereocenters. The van der Waals surface area contributed by atoms with Crippen molar-refractivity contribution in [3.05, 3.63) is 90.0 Å². The maximum atomic E-state index is 13.9. The summed E-state index contributed by atoms with van der Waals surface area (Å²) in [6.07, 6.45) is 7.71. The number of amidine groups is 1. The quantitative estimate of drug-likeness (QED) is 0.669. The summed E-state index contributed by atoms with van der Waals surface area (Å²) in [4.78, 5) is 19.9. The van der Waals surface area contributed by atoms with Gasteiger partial charge in [-0.3, -0.25) is 0 Å². The Morgan fingerprint density at radius 2 is 2.03 bits per heavy atom. The van der Waals surface area contributed by atoms with E-state index in [1.54, 1.807) is 22.0 Å². The van der Waals surface area contributed by atoms with Gasteiger partial charge in [0, 0.05) is 6.54 Å². The third-order valence-corrected chi connectivity index (χ3v) is 6.37. The van der Waals surface area contributed by atoms with Crippen molar-refractivity contribution in [2.45, 2.75) is 31.8 Å². The number of carboxylic acids is 1. The number of aromatic nitrogens is 1. The molecule has 2 saturated heterocycles. The van der Waals surface area contributed by atoms with E-state index in [-0.39, 0.29) is 11.9 Å². The van der Waals surface area contributed by atoms with E-state index in [1.165, 1.54) is 6.07 Å². The third-order valence-electron chi connectivity index (χ3n) is 6.37. The molecule has 0 aliphatic carbocycles. The highest BCUT2D eigenvalue weighted by molar-refractivity contribution is 5.95. The van der Waals surface area contributed by atoms with Crippen LogP contribution in [0.15, 0.2) is 78.1 Å². The highest BCUT2D eigenvalue weighted by Gasteiger charge is 2.41. The number of nitrogens with zero attached hydrogens (tertiary/aromatic N) is 5. The molecule has 7 nitrogen and oxygen atoms in total. The second kappa shape index (κ2) is 8.78. The second-order valence-corrected chi connectivity index (χ2v) is 8.56. The first-order chi connectivity index (χ1) is 16.5. The van der Waals surface area contributed by atoms with Crippen molar-refractivity contribution in [2.75, 3.05) is 18.0 Å². The fourth-order valence-corrected chi connectivity index (χ4v) is 4.61. The Bertz CT molecular complexity index is 1240. The summed E-state index contributed by atoms with van der Waals surface area (Å²) in [7, 11) is 0. The van der Waals surface area contributed by atoms with Gasteiger partial charge in [-0.15, -0.1) is 5.10 Å². The van der Waals surface area contributed by atoms with Gasteiger partial charge in [0.25, 0.3) is 0 Å². The Labute approximate surface area is 197 Å². The molecular formula is C26H26FN5O2. The molecular weight excluding hydrogens is 433 g/mol.